The van der Waals surface area contributed by atoms with Gasteiger partial charge in [0.15, 0.2) is 18.1 Å². The Balaban J connectivity index is 1.45. The van der Waals surface area contributed by atoms with Gasteiger partial charge in [-0.25, -0.2) is 0 Å². The van der Waals surface area contributed by atoms with Crippen LogP contribution in [0.3, 0.4) is 0 Å². The molecule has 140 valence electrons. The van der Waals surface area contributed by atoms with Gasteiger partial charge in [-0.05, 0) is 44.2 Å². The molecule has 0 radical (unpaired) electrons. The second-order valence-corrected chi connectivity index (χ2v) is 5.89. The van der Waals surface area contributed by atoms with Crippen molar-refractivity contribution in [2.45, 2.75) is 13.8 Å². The van der Waals surface area contributed by atoms with Crippen LogP contribution in [0.25, 0.3) is 0 Å². The Bertz CT molecular complexity index is 877. The van der Waals surface area contributed by atoms with Crippen molar-refractivity contribution in [2.24, 2.45) is 5.16 Å². The molecule has 8 nitrogen and oxygen atoms in total. The van der Waals surface area contributed by atoms with Gasteiger partial charge in [0.05, 0.1) is 5.71 Å². The van der Waals surface area contributed by atoms with E-state index in [0.717, 1.165) is 11.1 Å². The van der Waals surface area contributed by atoms with Crippen molar-refractivity contribution in [3.8, 4) is 11.5 Å². The van der Waals surface area contributed by atoms with Gasteiger partial charge in [0.1, 0.15) is 0 Å². The fraction of sp³-hybridized carbons (Fsp3) is 0.211. The minimum atomic E-state index is -0.530. The highest BCUT2D eigenvalue weighted by molar-refractivity contribution is 5.99. The van der Waals surface area contributed by atoms with E-state index in [1.807, 2.05) is 25.1 Å². The van der Waals surface area contributed by atoms with Crippen molar-refractivity contribution in [3.05, 3.63) is 59.2 Å². The minimum Gasteiger partial charge on any atom is -0.454 e. The average molecular weight is 369 g/mol. The zero-order valence-corrected chi connectivity index (χ0v) is 14.9. The van der Waals surface area contributed by atoms with Crippen molar-refractivity contribution >= 4 is 17.5 Å². The number of aryl methyl sites for hydroxylation is 1. The first kappa shape index (κ1) is 18.2. The number of ether oxygens (including phenoxy) is 2. The number of nitrogens with zero attached hydrogens (tertiary/aromatic N) is 1. The third-order valence-electron chi connectivity index (χ3n) is 3.82. The molecule has 1 heterocycles. The number of fused-ring (bicyclic) bond motifs is 1. The van der Waals surface area contributed by atoms with Crippen LogP contribution in [-0.2, 0) is 9.63 Å². The minimum absolute atomic E-state index is 0.194. The van der Waals surface area contributed by atoms with Gasteiger partial charge in [-0.1, -0.05) is 22.9 Å². The van der Waals surface area contributed by atoms with Crippen LogP contribution in [0.1, 0.15) is 28.4 Å². The molecule has 1 aliphatic rings. The summed E-state index contributed by atoms with van der Waals surface area (Å²) in [6.45, 7) is 3.53. The summed E-state index contributed by atoms with van der Waals surface area (Å²) >= 11 is 0. The molecule has 0 saturated heterocycles. The maximum Gasteiger partial charge on any atom is 0.279 e. The van der Waals surface area contributed by atoms with Crippen molar-refractivity contribution in [3.63, 3.8) is 0 Å². The molecule has 2 aromatic carbocycles. The maximum absolute atomic E-state index is 11.9. The zero-order chi connectivity index (χ0) is 19.2. The molecule has 0 atom stereocenters. The molecule has 0 spiro atoms. The quantitative estimate of drug-likeness (QED) is 0.620. The Kier molecular flexibility index (Phi) is 5.55. The number of hydrazine groups is 1. The molecule has 1 aliphatic heterocycles. The van der Waals surface area contributed by atoms with E-state index >= 15 is 0 Å². The molecule has 0 aromatic heterocycles. The van der Waals surface area contributed by atoms with Crippen LogP contribution in [0.5, 0.6) is 11.5 Å². The lowest BCUT2D eigenvalue weighted by Crippen LogP contribution is -2.43. The monoisotopic (exact) mass is 369 g/mol. The summed E-state index contributed by atoms with van der Waals surface area (Å²) in [6.07, 6.45) is 0. The lowest BCUT2D eigenvalue weighted by Gasteiger charge is -2.07. The summed E-state index contributed by atoms with van der Waals surface area (Å²) in [6, 6.07) is 12.4. The van der Waals surface area contributed by atoms with E-state index in [0.29, 0.717) is 22.8 Å². The first-order valence-electron chi connectivity index (χ1n) is 8.25. The first-order valence-corrected chi connectivity index (χ1v) is 8.25. The lowest BCUT2D eigenvalue weighted by molar-refractivity contribution is -0.126. The summed E-state index contributed by atoms with van der Waals surface area (Å²) in [5.41, 5.74) is 7.44. The topological polar surface area (TPSA) is 98.2 Å². The van der Waals surface area contributed by atoms with E-state index in [4.69, 9.17) is 14.3 Å². The predicted molar refractivity (Wildman–Crippen MR) is 97.5 cm³/mol. The number of hydrogen-bond acceptors (Lipinski definition) is 6. The zero-order valence-electron chi connectivity index (χ0n) is 14.9. The number of carbonyl (C=O) groups is 2. The van der Waals surface area contributed by atoms with E-state index in [-0.39, 0.29) is 13.4 Å². The van der Waals surface area contributed by atoms with E-state index in [9.17, 15) is 9.59 Å². The van der Waals surface area contributed by atoms with Gasteiger partial charge in [-0.3, -0.25) is 20.4 Å². The second kappa shape index (κ2) is 8.22. The Morgan fingerprint density at radius 3 is 2.52 bits per heavy atom. The van der Waals surface area contributed by atoms with Crippen molar-refractivity contribution in [1.29, 1.82) is 0 Å². The van der Waals surface area contributed by atoms with Gasteiger partial charge >= 0.3 is 0 Å². The van der Waals surface area contributed by atoms with E-state index in [1.165, 1.54) is 0 Å². The molecule has 3 rings (SSSR count). The molecular weight excluding hydrogens is 350 g/mol. The number of amides is 2. The highest BCUT2D eigenvalue weighted by Crippen LogP contribution is 2.32. The van der Waals surface area contributed by atoms with E-state index in [1.54, 1.807) is 31.2 Å². The SMILES string of the molecule is C/C(=N/OCC(=O)NNC(=O)c1ccc(C)cc1)c1ccc2c(c1)OCO2. The van der Waals surface area contributed by atoms with Gasteiger partial charge in [0, 0.05) is 11.1 Å². The van der Waals surface area contributed by atoms with Crippen LogP contribution in [0.4, 0.5) is 0 Å². The molecule has 27 heavy (non-hydrogen) atoms. The molecule has 2 aromatic rings. The van der Waals surface area contributed by atoms with Crippen LogP contribution in [-0.4, -0.2) is 30.9 Å². The smallest absolute Gasteiger partial charge is 0.279 e. The number of rotatable bonds is 5. The molecule has 0 unspecified atom stereocenters. The van der Waals surface area contributed by atoms with Crippen molar-refractivity contribution in [2.75, 3.05) is 13.4 Å². The summed E-state index contributed by atoms with van der Waals surface area (Å²) in [7, 11) is 0. The number of hydrogen-bond donors (Lipinski definition) is 2. The average Bonchev–Trinajstić information content (AvgIpc) is 3.14. The largest absolute Gasteiger partial charge is 0.454 e. The summed E-state index contributed by atoms with van der Waals surface area (Å²) in [5.74, 6) is 0.371. The first-order chi connectivity index (χ1) is 13.0. The number of benzene rings is 2. The van der Waals surface area contributed by atoms with Crippen LogP contribution in [0, 0.1) is 6.92 Å². The summed E-state index contributed by atoms with van der Waals surface area (Å²) < 4.78 is 10.6. The van der Waals surface area contributed by atoms with Gasteiger partial charge < -0.3 is 14.3 Å². The highest BCUT2D eigenvalue weighted by atomic mass is 16.7. The summed E-state index contributed by atoms with van der Waals surface area (Å²) in [5, 5.41) is 3.90. The van der Waals surface area contributed by atoms with Crippen LogP contribution in [0.15, 0.2) is 47.6 Å². The fourth-order valence-electron chi connectivity index (χ4n) is 2.30. The number of nitrogens with one attached hydrogen (secondary N) is 2. The summed E-state index contributed by atoms with van der Waals surface area (Å²) in [4.78, 5) is 28.7. The molecule has 8 heteroatoms. The Morgan fingerprint density at radius 1 is 1.04 bits per heavy atom. The molecule has 0 fully saturated rings. The standard InChI is InChI=1S/C19H19N3O5/c1-12-3-5-14(6-4-12)19(24)21-20-18(23)10-27-22-13(2)15-7-8-16-17(9-15)26-11-25-16/h3-9H,10-11H2,1-2H3,(H,20,23)(H,21,24)/b22-13-. The van der Waals surface area contributed by atoms with Crippen LogP contribution in [0.2, 0.25) is 0 Å². The molecular formula is C19H19N3O5. The number of oxime groups is 1. The van der Waals surface area contributed by atoms with Crippen LogP contribution < -0.4 is 20.3 Å². The van der Waals surface area contributed by atoms with Gasteiger partial charge in [0.25, 0.3) is 11.8 Å². The molecule has 0 aliphatic carbocycles. The second-order valence-electron chi connectivity index (χ2n) is 5.89. The molecule has 2 N–H and O–H groups in total. The Morgan fingerprint density at radius 2 is 1.74 bits per heavy atom. The van der Waals surface area contributed by atoms with E-state index in [2.05, 4.69) is 16.0 Å². The normalized spacial score (nSPS) is 12.4. The molecule has 2 amide bonds. The van der Waals surface area contributed by atoms with Gasteiger partial charge in [-0.2, -0.15) is 0 Å². The fourth-order valence-corrected chi connectivity index (χ4v) is 2.30. The third kappa shape index (κ3) is 4.75. The molecule has 0 bridgehead atoms. The maximum atomic E-state index is 11.9. The van der Waals surface area contributed by atoms with Crippen molar-refractivity contribution in [1.82, 2.24) is 10.9 Å². The lowest BCUT2D eigenvalue weighted by atomic mass is 10.1. The third-order valence-corrected chi connectivity index (χ3v) is 3.82. The van der Waals surface area contributed by atoms with E-state index < -0.39 is 11.8 Å². The Labute approximate surface area is 156 Å². The van der Waals surface area contributed by atoms with Crippen LogP contribution >= 0.6 is 0 Å². The van der Waals surface area contributed by atoms with Gasteiger partial charge in [0.2, 0.25) is 6.79 Å². The van der Waals surface area contributed by atoms with Gasteiger partial charge in [-0.15, -0.1) is 0 Å². The Hall–Kier alpha value is -3.55. The number of carbonyl (C=O) groups excluding carboxylic acids is 2. The predicted octanol–water partition coefficient (Wildman–Crippen LogP) is 1.93. The highest BCUT2D eigenvalue weighted by Gasteiger charge is 2.14. The van der Waals surface area contributed by atoms with Crippen molar-refractivity contribution < 1.29 is 23.9 Å². The molecule has 0 saturated carbocycles.